The number of aliphatic hydroxyl groups is 10. The van der Waals surface area contributed by atoms with E-state index in [4.69, 9.17) is 61.3 Å². The molecule has 0 heterocycles. The second-order valence-corrected chi connectivity index (χ2v) is 5.03. The molecular formula is C12H28FeO16. The fourth-order valence-corrected chi connectivity index (χ4v) is 1.34. The van der Waals surface area contributed by atoms with Crippen LogP contribution in [0.4, 0.5) is 0 Å². The van der Waals surface area contributed by atoms with Crippen LogP contribution < -0.4 is 0 Å². The molecule has 0 aromatic carbocycles. The van der Waals surface area contributed by atoms with Gasteiger partial charge in [0, 0.05) is 17.1 Å². The van der Waals surface area contributed by atoms with Gasteiger partial charge in [0.05, 0.1) is 13.2 Å². The Kier molecular flexibility index (Phi) is 25.2. The van der Waals surface area contributed by atoms with Crippen molar-refractivity contribution >= 4 is 11.9 Å². The topological polar surface area (TPSA) is 340 Å². The molecule has 17 heteroatoms. The molecule has 0 aliphatic rings. The molecule has 0 radical (unpaired) electrons. The van der Waals surface area contributed by atoms with Crippen LogP contribution in [0.2, 0.25) is 0 Å². The summed E-state index contributed by atoms with van der Waals surface area (Å²) in [7, 11) is 0. The predicted octanol–water partition coefficient (Wildman–Crippen LogP) is -8.64. The van der Waals surface area contributed by atoms with E-state index < -0.39 is 74.0 Å². The first-order valence-corrected chi connectivity index (χ1v) is 6.95. The van der Waals surface area contributed by atoms with E-state index in [0.29, 0.717) is 0 Å². The maximum absolute atomic E-state index is 10.1. The van der Waals surface area contributed by atoms with Crippen LogP contribution in [0.5, 0.6) is 0 Å². The molecule has 0 spiro atoms. The van der Waals surface area contributed by atoms with E-state index >= 15 is 0 Å². The van der Waals surface area contributed by atoms with Crippen molar-refractivity contribution < 1.29 is 98.9 Å². The maximum Gasteiger partial charge on any atom is 0.335 e. The summed E-state index contributed by atoms with van der Waals surface area (Å²) in [4.78, 5) is 20.2. The Balaban J connectivity index is -0.000000120. The van der Waals surface area contributed by atoms with Crippen molar-refractivity contribution in [2.45, 2.75) is 48.8 Å². The average Bonchev–Trinajstić information content (AvgIpc) is 2.62. The van der Waals surface area contributed by atoms with Crippen molar-refractivity contribution in [2.75, 3.05) is 13.2 Å². The van der Waals surface area contributed by atoms with E-state index in [0.717, 1.165) is 0 Å². The van der Waals surface area contributed by atoms with Gasteiger partial charge in [-0.05, 0) is 0 Å². The number of rotatable bonds is 10. The molecule has 0 aliphatic heterocycles. The first-order valence-electron chi connectivity index (χ1n) is 6.95. The van der Waals surface area contributed by atoms with Gasteiger partial charge < -0.3 is 72.2 Å². The van der Waals surface area contributed by atoms with E-state index in [1.165, 1.54) is 0 Å². The number of hydrogen-bond acceptors (Lipinski definition) is 12. The van der Waals surface area contributed by atoms with E-state index in [2.05, 4.69) is 0 Å². The largest absolute Gasteiger partial charge is 0.479 e. The van der Waals surface area contributed by atoms with Crippen molar-refractivity contribution in [1.29, 1.82) is 0 Å². The first kappa shape index (κ1) is 38.6. The van der Waals surface area contributed by atoms with Crippen LogP contribution in [-0.4, -0.2) is 146 Å². The Morgan fingerprint density at radius 1 is 0.552 bits per heavy atom. The van der Waals surface area contributed by atoms with Crippen LogP contribution in [0.3, 0.4) is 0 Å². The fourth-order valence-electron chi connectivity index (χ4n) is 1.34. The van der Waals surface area contributed by atoms with Crippen LogP contribution >= 0.6 is 0 Å². The summed E-state index contributed by atoms with van der Waals surface area (Å²) >= 11 is 0. The third-order valence-corrected chi connectivity index (χ3v) is 3.02. The molecule has 0 aromatic heterocycles. The van der Waals surface area contributed by atoms with Gasteiger partial charge >= 0.3 is 11.9 Å². The summed E-state index contributed by atoms with van der Waals surface area (Å²) in [5.41, 5.74) is 0. The molecular weight excluding hydrogens is 456 g/mol. The van der Waals surface area contributed by atoms with E-state index in [1.54, 1.807) is 0 Å². The Morgan fingerprint density at radius 3 is 0.897 bits per heavy atom. The molecule has 16 N–H and O–H groups in total. The Bertz CT molecular complexity index is 387. The van der Waals surface area contributed by atoms with Gasteiger partial charge in [-0.3, -0.25) is 0 Å². The molecule has 0 fully saturated rings. The van der Waals surface area contributed by atoms with Gasteiger partial charge in [0.1, 0.15) is 36.6 Å². The normalized spacial score (nSPS) is 18.3. The van der Waals surface area contributed by atoms with Gasteiger partial charge in [0.2, 0.25) is 0 Å². The first-order chi connectivity index (χ1) is 11.8. The smallest absolute Gasteiger partial charge is 0.335 e. The van der Waals surface area contributed by atoms with Gasteiger partial charge in [-0.25, -0.2) is 9.59 Å². The monoisotopic (exact) mass is 484 g/mol. The van der Waals surface area contributed by atoms with Crippen molar-refractivity contribution in [3.63, 3.8) is 0 Å². The minimum Gasteiger partial charge on any atom is -0.479 e. The van der Waals surface area contributed by atoms with Gasteiger partial charge in [-0.15, -0.1) is 0 Å². The molecule has 180 valence electrons. The molecule has 8 unspecified atom stereocenters. The zero-order valence-corrected chi connectivity index (χ0v) is 15.7. The minimum atomic E-state index is -2.20. The van der Waals surface area contributed by atoms with Crippen LogP contribution in [0.1, 0.15) is 0 Å². The van der Waals surface area contributed by atoms with Crippen LogP contribution in [-0.2, 0) is 26.7 Å². The summed E-state index contributed by atoms with van der Waals surface area (Å²) in [5.74, 6) is -3.45. The molecule has 0 aromatic rings. The van der Waals surface area contributed by atoms with Crippen molar-refractivity contribution in [3.05, 3.63) is 0 Å². The molecule has 0 saturated carbocycles. The summed E-state index contributed by atoms with van der Waals surface area (Å²) in [5, 5.41) is 104. The maximum atomic E-state index is 10.1. The number of aliphatic hydroxyl groups excluding tert-OH is 10. The van der Waals surface area contributed by atoms with Crippen molar-refractivity contribution in [3.8, 4) is 0 Å². The Morgan fingerprint density at radius 2 is 0.759 bits per heavy atom. The molecule has 0 bridgehead atoms. The van der Waals surface area contributed by atoms with Crippen molar-refractivity contribution in [2.24, 2.45) is 0 Å². The average molecular weight is 484 g/mol. The number of carboxylic acids is 2. The van der Waals surface area contributed by atoms with Gasteiger partial charge in [0.25, 0.3) is 0 Å². The summed E-state index contributed by atoms with van der Waals surface area (Å²) in [6, 6.07) is 0. The number of hydrogen-bond donors (Lipinski definition) is 12. The Hall–Kier alpha value is -1.02. The van der Waals surface area contributed by atoms with E-state index in [1.807, 2.05) is 0 Å². The van der Waals surface area contributed by atoms with E-state index in [9.17, 15) is 9.59 Å². The molecule has 8 atom stereocenters. The Labute approximate surface area is 173 Å². The van der Waals surface area contributed by atoms with Crippen molar-refractivity contribution in [1.82, 2.24) is 0 Å². The number of carboxylic acid groups (broad SMARTS) is 2. The zero-order valence-electron chi connectivity index (χ0n) is 14.6. The second-order valence-electron chi connectivity index (χ2n) is 5.03. The van der Waals surface area contributed by atoms with Gasteiger partial charge in [-0.1, -0.05) is 0 Å². The molecule has 0 aliphatic carbocycles. The molecule has 0 amide bonds. The molecule has 29 heavy (non-hydrogen) atoms. The van der Waals surface area contributed by atoms with Crippen LogP contribution in [0.25, 0.3) is 0 Å². The molecule has 0 saturated heterocycles. The summed E-state index contributed by atoms with van der Waals surface area (Å²) in [6.45, 7) is -1.69. The SMILES string of the molecule is O.O.O=C(O)C(O)C(O)C(O)C(O)CO.O=C(O)C(O)C(O)C(O)C(O)CO.[Fe]. The quantitative estimate of drug-likeness (QED) is 0.128. The standard InChI is InChI=1S/2C6H12O7.Fe.2H2O/c2*7-1-2(8)3(9)4(10)5(11)6(12)13;;;/h2*2-5,7-11H,1H2,(H,12,13);;2*1H2. The second kappa shape index (κ2) is 19.0. The van der Waals surface area contributed by atoms with Gasteiger partial charge in [-0.2, -0.15) is 0 Å². The third kappa shape index (κ3) is 13.8. The number of carbonyl (C=O) groups is 2. The van der Waals surface area contributed by atoms with Crippen LogP contribution in [0, 0.1) is 0 Å². The molecule has 0 rings (SSSR count). The number of aliphatic carboxylic acids is 2. The van der Waals surface area contributed by atoms with Crippen LogP contribution in [0.15, 0.2) is 0 Å². The van der Waals surface area contributed by atoms with Gasteiger partial charge in [0.15, 0.2) is 12.2 Å². The summed E-state index contributed by atoms with van der Waals surface area (Å²) in [6.07, 6.45) is -15.7. The zero-order chi connectivity index (χ0) is 21.2. The third-order valence-electron chi connectivity index (χ3n) is 3.02. The van der Waals surface area contributed by atoms with E-state index in [-0.39, 0.29) is 28.0 Å². The minimum absolute atomic E-state index is 0. The summed E-state index contributed by atoms with van der Waals surface area (Å²) < 4.78 is 0. The fraction of sp³-hybridized carbons (Fsp3) is 0.833. The predicted molar refractivity (Wildman–Crippen MR) is 84.7 cm³/mol. The molecule has 16 nitrogen and oxygen atoms in total.